The van der Waals surface area contributed by atoms with Gasteiger partial charge in [0.15, 0.2) is 5.58 Å². The molecule has 0 spiro atoms. The van der Waals surface area contributed by atoms with Gasteiger partial charge in [-0.25, -0.2) is 4.39 Å². The standard InChI is InChI=1S/C14H14FN5O2/c15-9-2-3-11-10(6-9)17-13(22-11)20-5-1-4-14(21,8-20)12-7-16-19-18-12/h2-3,6-7,21H,1,4-5,8H2,(H,16,18,19). The number of piperidine rings is 1. The van der Waals surface area contributed by atoms with Gasteiger partial charge in [0.05, 0.1) is 12.7 Å². The summed E-state index contributed by atoms with van der Waals surface area (Å²) in [6.45, 7) is 1.00. The second kappa shape index (κ2) is 4.77. The molecule has 22 heavy (non-hydrogen) atoms. The second-order valence-corrected chi connectivity index (χ2v) is 5.52. The molecule has 4 rings (SSSR count). The fourth-order valence-corrected chi connectivity index (χ4v) is 2.86. The Balaban J connectivity index is 1.66. The number of rotatable bonds is 2. The van der Waals surface area contributed by atoms with Crippen molar-refractivity contribution in [3.05, 3.63) is 35.9 Å². The average molecular weight is 303 g/mol. The Kier molecular flexibility index (Phi) is 2.86. The number of oxazole rings is 1. The Morgan fingerprint density at radius 1 is 1.41 bits per heavy atom. The lowest BCUT2D eigenvalue weighted by atomic mass is 9.90. The van der Waals surface area contributed by atoms with Crippen molar-refractivity contribution in [1.29, 1.82) is 0 Å². The van der Waals surface area contributed by atoms with E-state index in [1.165, 1.54) is 18.3 Å². The minimum Gasteiger partial charge on any atom is -0.423 e. The second-order valence-electron chi connectivity index (χ2n) is 5.52. The fraction of sp³-hybridized carbons (Fsp3) is 0.357. The molecule has 1 aromatic carbocycles. The first-order chi connectivity index (χ1) is 10.6. The maximum atomic E-state index is 13.2. The van der Waals surface area contributed by atoms with Crippen LogP contribution in [0, 0.1) is 5.82 Å². The maximum Gasteiger partial charge on any atom is 0.298 e. The molecule has 1 aliphatic rings. The van der Waals surface area contributed by atoms with Crippen molar-refractivity contribution < 1.29 is 13.9 Å². The summed E-state index contributed by atoms with van der Waals surface area (Å²) in [5.74, 6) is -0.356. The molecule has 7 nitrogen and oxygen atoms in total. The van der Waals surface area contributed by atoms with Crippen LogP contribution in [-0.2, 0) is 5.60 Å². The fourth-order valence-electron chi connectivity index (χ4n) is 2.86. The highest BCUT2D eigenvalue weighted by molar-refractivity contribution is 5.74. The molecular weight excluding hydrogens is 289 g/mol. The molecule has 1 atom stereocenters. The molecule has 2 aromatic heterocycles. The van der Waals surface area contributed by atoms with Gasteiger partial charge in [-0.1, -0.05) is 0 Å². The molecule has 8 heteroatoms. The predicted molar refractivity (Wildman–Crippen MR) is 75.7 cm³/mol. The number of aromatic nitrogens is 4. The maximum absolute atomic E-state index is 13.2. The zero-order valence-electron chi connectivity index (χ0n) is 11.7. The van der Waals surface area contributed by atoms with Crippen molar-refractivity contribution in [2.24, 2.45) is 0 Å². The molecule has 1 fully saturated rings. The van der Waals surface area contributed by atoms with Gasteiger partial charge in [-0.3, -0.25) is 0 Å². The normalized spacial score (nSPS) is 22.4. The van der Waals surface area contributed by atoms with Crippen LogP contribution >= 0.6 is 0 Å². The number of β-amino-alcohol motifs (C(OH)–C–C–N with tert-alkyl or cyclic N) is 1. The molecule has 1 unspecified atom stereocenters. The molecule has 114 valence electrons. The summed E-state index contributed by atoms with van der Waals surface area (Å²) in [6, 6.07) is 4.59. The Hall–Kier alpha value is -2.48. The summed E-state index contributed by atoms with van der Waals surface area (Å²) in [5, 5.41) is 21.0. The first-order valence-electron chi connectivity index (χ1n) is 7.04. The Morgan fingerprint density at radius 2 is 2.32 bits per heavy atom. The zero-order chi connectivity index (χ0) is 15.2. The van der Waals surface area contributed by atoms with Crippen LogP contribution in [0.5, 0.6) is 0 Å². The van der Waals surface area contributed by atoms with Crippen molar-refractivity contribution in [3.63, 3.8) is 0 Å². The number of benzene rings is 1. The van der Waals surface area contributed by atoms with E-state index < -0.39 is 5.60 Å². The SMILES string of the molecule is OC1(c2cn[nH]n2)CCCN(c2nc3cc(F)ccc3o2)C1. The van der Waals surface area contributed by atoms with E-state index in [-0.39, 0.29) is 5.82 Å². The smallest absolute Gasteiger partial charge is 0.298 e. The number of aromatic amines is 1. The monoisotopic (exact) mass is 303 g/mol. The summed E-state index contributed by atoms with van der Waals surface area (Å²) in [7, 11) is 0. The molecule has 0 radical (unpaired) electrons. The van der Waals surface area contributed by atoms with Gasteiger partial charge in [-0.05, 0) is 25.0 Å². The van der Waals surface area contributed by atoms with Crippen LogP contribution in [0.2, 0.25) is 0 Å². The van der Waals surface area contributed by atoms with E-state index in [1.807, 2.05) is 4.90 Å². The lowest BCUT2D eigenvalue weighted by Gasteiger charge is -2.37. The van der Waals surface area contributed by atoms with Gasteiger partial charge in [0.25, 0.3) is 6.01 Å². The number of H-pyrrole nitrogens is 1. The number of hydrogen-bond acceptors (Lipinski definition) is 6. The minimum atomic E-state index is -1.10. The van der Waals surface area contributed by atoms with Gasteiger partial charge in [0.2, 0.25) is 0 Å². The average Bonchev–Trinajstić information content (AvgIpc) is 3.16. The van der Waals surface area contributed by atoms with E-state index in [0.29, 0.717) is 42.3 Å². The van der Waals surface area contributed by atoms with Gasteiger partial charge in [0.1, 0.15) is 22.6 Å². The van der Waals surface area contributed by atoms with Crippen LogP contribution in [0.15, 0.2) is 28.8 Å². The third-order valence-electron chi connectivity index (χ3n) is 3.97. The lowest BCUT2D eigenvalue weighted by molar-refractivity contribution is 0.0164. The number of anilines is 1. The minimum absolute atomic E-state index is 0.300. The van der Waals surface area contributed by atoms with Crippen molar-refractivity contribution >= 4 is 17.1 Å². The van der Waals surface area contributed by atoms with E-state index in [9.17, 15) is 9.50 Å². The van der Waals surface area contributed by atoms with Crippen LogP contribution in [-0.4, -0.2) is 38.6 Å². The first kappa shape index (κ1) is 13.2. The topological polar surface area (TPSA) is 91.1 Å². The quantitative estimate of drug-likeness (QED) is 0.747. The molecule has 0 amide bonds. The predicted octanol–water partition coefficient (Wildman–Crippen LogP) is 1.57. The van der Waals surface area contributed by atoms with Crippen LogP contribution in [0.3, 0.4) is 0 Å². The van der Waals surface area contributed by atoms with Gasteiger partial charge in [-0.2, -0.15) is 20.4 Å². The van der Waals surface area contributed by atoms with Gasteiger partial charge in [0, 0.05) is 12.6 Å². The summed E-state index contributed by atoms with van der Waals surface area (Å²) in [4.78, 5) is 6.15. The highest BCUT2D eigenvalue weighted by atomic mass is 19.1. The van der Waals surface area contributed by atoms with Crippen molar-refractivity contribution in [3.8, 4) is 0 Å². The molecule has 2 N–H and O–H groups in total. The van der Waals surface area contributed by atoms with E-state index in [0.717, 1.165) is 6.42 Å². The van der Waals surface area contributed by atoms with Crippen molar-refractivity contribution in [2.75, 3.05) is 18.0 Å². The highest BCUT2D eigenvalue weighted by Gasteiger charge is 2.38. The number of nitrogens with zero attached hydrogens (tertiary/aromatic N) is 4. The Morgan fingerprint density at radius 3 is 3.14 bits per heavy atom. The van der Waals surface area contributed by atoms with Crippen molar-refractivity contribution in [2.45, 2.75) is 18.4 Å². The van der Waals surface area contributed by atoms with E-state index >= 15 is 0 Å². The lowest BCUT2D eigenvalue weighted by Crippen LogP contribution is -2.46. The molecule has 3 aromatic rings. The summed E-state index contributed by atoms with van der Waals surface area (Å²) >= 11 is 0. The molecule has 0 saturated carbocycles. The number of aliphatic hydroxyl groups is 1. The van der Waals surface area contributed by atoms with Crippen molar-refractivity contribution in [1.82, 2.24) is 20.4 Å². The molecule has 1 aliphatic heterocycles. The van der Waals surface area contributed by atoms with Gasteiger partial charge < -0.3 is 14.4 Å². The third kappa shape index (κ3) is 2.12. The Bertz CT molecular complexity index is 803. The number of fused-ring (bicyclic) bond motifs is 1. The largest absolute Gasteiger partial charge is 0.423 e. The van der Waals surface area contributed by atoms with Crippen LogP contribution < -0.4 is 4.90 Å². The van der Waals surface area contributed by atoms with Crippen LogP contribution in [0.4, 0.5) is 10.4 Å². The van der Waals surface area contributed by atoms with Crippen LogP contribution in [0.25, 0.3) is 11.1 Å². The van der Waals surface area contributed by atoms with Gasteiger partial charge in [-0.15, -0.1) is 0 Å². The highest BCUT2D eigenvalue weighted by Crippen LogP contribution is 2.33. The zero-order valence-corrected chi connectivity index (χ0v) is 11.7. The summed E-state index contributed by atoms with van der Waals surface area (Å²) in [6.07, 6.45) is 2.87. The number of hydrogen-bond donors (Lipinski definition) is 2. The van der Waals surface area contributed by atoms with Gasteiger partial charge >= 0.3 is 0 Å². The van der Waals surface area contributed by atoms with Crippen LogP contribution in [0.1, 0.15) is 18.5 Å². The molecule has 0 aliphatic carbocycles. The number of nitrogens with one attached hydrogen (secondary N) is 1. The molecule has 0 bridgehead atoms. The summed E-state index contributed by atoms with van der Waals surface area (Å²) in [5.41, 5.74) is 0.383. The molecular formula is C14H14FN5O2. The Labute approximate surface area is 124 Å². The van der Waals surface area contributed by atoms with E-state index in [2.05, 4.69) is 20.4 Å². The molecule has 1 saturated heterocycles. The molecule has 3 heterocycles. The van der Waals surface area contributed by atoms with E-state index in [4.69, 9.17) is 4.42 Å². The number of halogens is 1. The summed E-state index contributed by atoms with van der Waals surface area (Å²) < 4.78 is 18.9. The third-order valence-corrected chi connectivity index (χ3v) is 3.97. The van der Waals surface area contributed by atoms with E-state index in [1.54, 1.807) is 6.07 Å². The first-order valence-corrected chi connectivity index (χ1v) is 7.04.